The third kappa shape index (κ3) is 3.29. The van der Waals surface area contributed by atoms with E-state index in [2.05, 4.69) is 11.4 Å². The monoisotopic (exact) mass is 350 g/mol. The van der Waals surface area contributed by atoms with E-state index in [0.29, 0.717) is 18.0 Å². The van der Waals surface area contributed by atoms with Crippen LogP contribution in [0.1, 0.15) is 30.4 Å². The Balaban J connectivity index is 1.54. The number of carbonyl (C=O) groups excluding carboxylic acids is 2. The van der Waals surface area contributed by atoms with Gasteiger partial charge < -0.3 is 10.1 Å². The zero-order chi connectivity index (χ0) is 17.9. The average molecular weight is 350 g/mol. The summed E-state index contributed by atoms with van der Waals surface area (Å²) in [5, 5.41) is 3.02. The zero-order valence-corrected chi connectivity index (χ0v) is 14.7. The molecule has 0 saturated carbocycles. The first-order valence-electron chi connectivity index (χ1n) is 9.15. The molecule has 1 heterocycles. The topological polar surface area (TPSA) is 58.6 Å². The largest absolute Gasteiger partial charge is 0.491 e. The molecule has 0 atom stereocenters. The number of nitrogens with one attached hydrogen (secondary N) is 1. The predicted octanol–water partition coefficient (Wildman–Crippen LogP) is 3.32. The van der Waals surface area contributed by atoms with Gasteiger partial charge in [-0.3, -0.25) is 14.5 Å². The van der Waals surface area contributed by atoms with Crippen molar-refractivity contribution in [3.05, 3.63) is 53.6 Å². The number of amides is 2. The van der Waals surface area contributed by atoms with Gasteiger partial charge in [0.2, 0.25) is 11.8 Å². The molecule has 0 spiro atoms. The van der Waals surface area contributed by atoms with Gasteiger partial charge in [0.15, 0.2) is 0 Å². The Morgan fingerprint density at radius 2 is 1.88 bits per heavy atom. The minimum atomic E-state index is -0.186. The van der Waals surface area contributed by atoms with E-state index in [4.69, 9.17) is 4.74 Å². The number of rotatable bonds is 3. The third-order valence-corrected chi connectivity index (χ3v) is 5.00. The lowest BCUT2D eigenvalue weighted by Crippen LogP contribution is -2.37. The Kier molecular flexibility index (Phi) is 4.61. The van der Waals surface area contributed by atoms with Crippen LogP contribution in [0.3, 0.4) is 0 Å². The highest BCUT2D eigenvalue weighted by Gasteiger charge is 2.25. The van der Waals surface area contributed by atoms with Crippen molar-refractivity contribution in [3.63, 3.8) is 0 Å². The molecule has 5 nitrogen and oxygen atoms in total. The molecule has 26 heavy (non-hydrogen) atoms. The van der Waals surface area contributed by atoms with Crippen LogP contribution in [0, 0.1) is 0 Å². The van der Waals surface area contributed by atoms with Crippen LogP contribution in [0.5, 0.6) is 5.75 Å². The van der Waals surface area contributed by atoms with Gasteiger partial charge in [0.1, 0.15) is 12.3 Å². The molecular weight excluding hydrogens is 328 g/mol. The number of nitrogens with zero attached hydrogens (tertiary/aromatic N) is 1. The van der Waals surface area contributed by atoms with Crippen molar-refractivity contribution < 1.29 is 14.3 Å². The molecule has 0 aromatic heterocycles. The smallest absolute Gasteiger partial charge is 0.244 e. The van der Waals surface area contributed by atoms with Crippen molar-refractivity contribution in [1.29, 1.82) is 0 Å². The molecule has 0 unspecified atom stereocenters. The van der Waals surface area contributed by atoms with Gasteiger partial charge in [-0.1, -0.05) is 24.3 Å². The number of aryl methyl sites for hydroxylation is 1. The SMILES string of the molecule is O=C(CN1C(=O)CCOc2ccccc21)Nc1cccc2c1CCCC2. The lowest BCUT2D eigenvalue weighted by molar-refractivity contribution is -0.121. The predicted molar refractivity (Wildman–Crippen MR) is 101 cm³/mol. The number of anilines is 2. The minimum absolute atomic E-state index is 0.0110. The summed E-state index contributed by atoms with van der Waals surface area (Å²) in [5.41, 5.74) is 4.08. The van der Waals surface area contributed by atoms with E-state index >= 15 is 0 Å². The summed E-state index contributed by atoms with van der Waals surface area (Å²) < 4.78 is 5.63. The Labute approximate surface area is 153 Å². The number of para-hydroxylation sites is 2. The van der Waals surface area contributed by atoms with E-state index < -0.39 is 0 Å². The summed E-state index contributed by atoms with van der Waals surface area (Å²) in [6.07, 6.45) is 4.67. The first-order valence-corrected chi connectivity index (χ1v) is 9.15. The molecule has 2 aliphatic rings. The number of carbonyl (C=O) groups is 2. The Bertz CT molecular complexity index is 847. The van der Waals surface area contributed by atoms with E-state index in [-0.39, 0.29) is 24.8 Å². The molecule has 2 amide bonds. The minimum Gasteiger partial charge on any atom is -0.491 e. The average Bonchev–Trinajstić information content (AvgIpc) is 2.81. The van der Waals surface area contributed by atoms with Crippen LogP contribution in [-0.4, -0.2) is 25.0 Å². The summed E-state index contributed by atoms with van der Waals surface area (Å²) in [5.74, 6) is 0.359. The summed E-state index contributed by atoms with van der Waals surface area (Å²) in [7, 11) is 0. The van der Waals surface area contributed by atoms with Crippen molar-refractivity contribution >= 4 is 23.2 Å². The summed E-state index contributed by atoms with van der Waals surface area (Å²) >= 11 is 0. The second kappa shape index (κ2) is 7.20. The van der Waals surface area contributed by atoms with Crippen molar-refractivity contribution in [2.75, 3.05) is 23.4 Å². The Morgan fingerprint density at radius 3 is 2.81 bits per heavy atom. The first-order chi connectivity index (χ1) is 12.7. The first kappa shape index (κ1) is 16.6. The van der Waals surface area contributed by atoms with Gasteiger partial charge in [0.25, 0.3) is 0 Å². The number of hydrogen-bond acceptors (Lipinski definition) is 3. The van der Waals surface area contributed by atoms with E-state index in [0.717, 1.165) is 24.9 Å². The second-order valence-corrected chi connectivity index (χ2v) is 6.74. The maximum atomic E-state index is 12.7. The second-order valence-electron chi connectivity index (χ2n) is 6.74. The highest BCUT2D eigenvalue weighted by molar-refractivity contribution is 6.04. The summed E-state index contributed by atoms with van der Waals surface area (Å²) in [4.78, 5) is 26.7. The molecule has 0 saturated heterocycles. The van der Waals surface area contributed by atoms with Gasteiger partial charge in [0.05, 0.1) is 18.7 Å². The lowest BCUT2D eigenvalue weighted by atomic mass is 9.90. The molecule has 134 valence electrons. The van der Waals surface area contributed by atoms with Crippen molar-refractivity contribution in [2.24, 2.45) is 0 Å². The van der Waals surface area contributed by atoms with E-state index in [9.17, 15) is 9.59 Å². The van der Waals surface area contributed by atoms with Gasteiger partial charge in [-0.05, 0) is 55.0 Å². The van der Waals surface area contributed by atoms with Crippen molar-refractivity contribution in [3.8, 4) is 5.75 Å². The van der Waals surface area contributed by atoms with Crippen molar-refractivity contribution in [1.82, 2.24) is 0 Å². The normalized spacial score (nSPS) is 16.2. The molecule has 4 rings (SSSR count). The van der Waals surface area contributed by atoms with Gasteiger partial charge in [-0.25, -0.2) is 0 Å². The quantitative estimate of drug-likeness (QED) is 0.924. The van der Waals surface area contributed by atoms with E-state index in [1.165, 1.54) is 22.4 Å². The fourth-order valence-corrected chi connectivity index (χ4v) is 3.72. The Hall–Kier alpha value is -2.82. The van der Waals surface area contributed by atoms with Crippen LogP contribution in [0.4, 0.5) is 11.4 Å². The van der Waals surface area contributed by atoms with Crippen LogP contribution in [0.25, 0.3) is 0 Å². The standard InChI is InChI=1S/C21H22N2O3/c24-20(22-17-9-5-7-15-6-1-2-8-16(15)17)14-23-18-10-3-4-11-19(18)26-13-12-21(23)25/h3-5,7,9-11H,1-2,6,8,12-14H2,(H,22,24). The molecule has 1 aliphatic carbocycles. The molecule has 1 aliphatic heterocycles. The molecular formula is C21H22N2O3. The van der Waals surface area contributed by atoms with Gasteiger partial charge >= 0.3 is 0 Å². The van der Waals surface area contributed by atoms with Crippen LogP contribution < -0.4 is 15.0 Å². The summed E-state index contributed by atoms with van der Waals surface area (Å²) in [6, 6.07) is 13.4. The fourth-order valence-electron chi connectivity index (χ4n) is 3.72. The van der Waals surface area contributed by atoms with Crippen LogP contribution >= 0.6 is 0 Å². The van der Waals surface area contributed by atoms with Gasteiger partial charge in [-0.15, -0.1) is 0 Å². The molecule has 0 bridgehead atoms. The number of fused-ring (bicyclic) bond motifs is 2. The molecule has 2 aromatic rings. The highest BCUT2D eigenvalue weighted by atomic mass is 16.5. The van der Waals surface area contributed by atoms with Crippen LogP contribution in [0.15, 0.2) is 42.5 Å². The fraction of sp³-hybridized carbons (Fsp3) is 0.333. The highest BCUT2D eigenvalue weighted by Crippen LogP contribution is 2.31. The van der Waals surface area contributed by atoms with Crippen LogP contribution in [-0.2, 0) is 22.4 Å². The lowest BCUT2D eigenvalue weighted by Gasteiger charge is -2.23. The third-order valence-electron chi connectivity index (χ3n) is 5.00. The maximum absolute atomic E-state index is 12.7. The zero-order valence-electron chi connectivity index (χ0n) is 14.7. The van der Waals surface area contributed by atoms with E-state index in [1.54, 1.807) is 0 Å². The maximum Gasteiger partial charge on any atom is 0.244 e. The van der Waals surface area contributed by atoms with Crippen molar-refractivity contribution in [2.45, 2.75) is 32.1 Å². The molecule has 0 radical (unpaired) electrons. The van der Waals surface area contributed by atoms with E-state index in [1.807, 2.05) is 36.4 Å². The van der Waals surface area contributed by atoms with Gasteiger partial charge in [0, 0.05) is 5.69 Å². The number of ether oxygens (including phenoxy) is 1. The van der Waals surface area contributed by atoms with Crippen LogP contribution in [0.2, 0.25) is 0 Å². The van der Waals surface area contributed by atoms with Gasteiger partial charge in [-0.2, -0.15) is 0 Å². The molecule has 5 heteroatoms. The Morgan fingerprint density at radius 1 is 1.04 bits per heavy atom. The molecule has 2 aromatic carbocycles. The molecule has 1 N–H and O–H groups in total. The number of hydrogen-bond donors (Lipinski definition) is 1. The summed E-state index contributed by atoms with van der Waals surface area (Å²) in [6.45, 7) is 0.322. The molecule has 0 fully saturated rings. The number of benzene rings is 2.